The normalized spacial score (nSPS) is 20.3. The maximum Gasteiger partial charge on any atom is 0.326 e. The van der Waals surface area contributed by atoms with Crippen LogP contribution in [0.3, 0.4) is 0 Å². The molecule has 9 nitrogen and oxygen atoms in total. The van der Waals surface area contributed by atoms with Crippen molar-refractivity contribution in [3.63, 3.8) is 0 Å². The number of methoxy groups -OCH3 is 2. The molecule has 2 atom stereocenters. The van der Waals surface area contributed by atoms with Crippen molar-refractivity contribution < 1.29 is 29.1 Å². The fourth-order valence-electron chi connectivity index (χ4n) is 2.55. The highest BCUT2D eigenvalue weighted by Crippen LogP contribution is 2.29. The van der Waals surface area contributed by atoms with Crippen molar-refractivity contribution >= 4 is 17.6 Å². The van der Waals surface area contributed by atoms with E-state index in [-0.39, 0.29) is 36.1 Å². The van der Waals surface area contributed by atoms with Crippen molar-refractivity contribution in [1.82, 2.24) is 4.90 Å². The van der Waals surface area contributed by atoms with Crippen LogP contribution in [-0.2, 0) is 9.53 Å². The summed E-state index contributed by atoms with van der Waals surface area (Å²) in [5.41, 5.74) is -0.148. The number of carboxylic acids is 1. The number of nitro benzene ring substituents is 1. The van der Waals surface area contributed by atoms with Gasteiger partial charge < -0.3 is 19.5 Å². The molecule has 2 unspecified atom stereocenters. The van der Waals surface area contributed by atoms with Gasteiger partial charge in [0.2, 0.25) is 0 Å². The monoisotopic (exact) mass is 324 g/mol. The lowest BCUT2D eigenvalue weighted by Gasteiger charge is -2.21. The average molecular weight is 324 g/mol. The second-order valence-electron chi connectivity index (χ2n) is 5.05. The number of aliphatic carboxylic acids is 1. The predicted molar refractivity (Wildman–Crippen MR) is 77.5 cm³/mol. The molecule has 1 amide bonds. The molecule has 0 aromatic heterocycles. The van der Waals surface area contributed by atoms with Crippen molar-refractivity contribution in [2.24, 2.45) is 0 Å². The topological polar surface area (TPSA) is 119 Å². The van der Waals surface area contributed by atoms with Crippen LogP contribution in [0.2, 0.25) is 0 Å². The summed E-state index contributed by atoms with van der Waals surface area (Å²) < 4.78 is 10.1. The lowest BCUT2D eigenvalue weighted by Crippen LogP contribution is -2.40. The van der Waals surface area contributed by atoms with Gasteiger partial charge in [-0.15, -0.1) is 0 Å². The first kappa shape index (κ1) is 16.7. The third-order valence-corrected chi connectivity index (χ3v) is 3.77. The Kier molecular flexibility index (Phi) is 4.80. The van der Waals surface area contributed by atoms with Gasteiger partial charge in [0.15, 0.2) is 5.75 Å². The summed E-state index contributed by atoms with van der Waals surface area (Å²) in [4.78, 5) is 35.3. The number of benzene rings is 1. The Labute approximate surface area is 131 Å². The van der Waals surface area contributed by atoms with E-state index in [1.807, 2.05) is 0 Å². The van der Waals surface area contributed by atoms with Crippen molar-refractivity contribution in [3.05, 3.63) is 33.9 Å². The molecule has 0 bridgehead atoms. The van der Waals surface area contributed by atoms with Gasteiger partial charge in [0.1, 0.15) is 6.04 Å². The van der Waals surface area contributed by atoms with Crippen molar-refractivity contribution in [2.75, 3.05) is 20.8 Å². The predicted octanol–water partition coefficient (Wildman–Crippen LogP) is 0.918. The second kappa shape index (κ2) is 6.61. The summed E-state index contributed by atoms with van der Waals surface area (Å²) in [5.74, 6) is -1.72. The van der Waals surface area contributed by atoms with Crippen molar-refractivity contribution in [2.45, 2.75) is 18.6 Å². The van der Waals surface area contributed by atoms with Crippen LogP contribution in [0.5, 0.6) is 5.75 Å². The first-order valence-electron chi connectivity index (χ1n) is 6.78. The summed E-state index contributed by atoms with van der Waals surface area (Å²) >= 11 is 0. The first-order chi connectivity index (χ1) is 10.9. The number of hydrogen-bond acceptors (Lipinski definition) is 6. The minimum Gasteiger partial charge on any atom is -0.490 e. The van der Waals surface area contributed by atoms with E-state index < -0.39 is 22.8 Å². The number of carbonyl (C=O) groups is 2. The lowest BCUT2D eigenvalue weighted by atomic mass is 10.1. The number of carbonyl (C=O) groups excluding carboxylic acids is 1. The van der Waals surface area contributed by atoms with Crippen LogP contribution in [0.25, 0.3) is 0 Å². The quantitative estimate of drug-likeness (QED) is 0.631. The number of likely N-dealkylation sites (tertiary alicyclic amines) is 1. The zero-order valence-corrected chi connectivity index (χ0v) is 12.6. The molecule has 0 radical (unpaired) electrons. The molecule has 9 heteroatoms. The molecule has 1 N–H and O–H groups in total. The van der Waals surface area contributed by atoms with Crippen LogP contribution < -0.4 is 4.74 Å². The van der Waals surface area contributed by atoms with Gasteiger partial charge in [-0.3, -0.25) is 14.9 Å². The van der Waals surface area contributed by atoms with E-state index in [1.165, 1.54) is 31.3 Å². The Morgan fingerprint density at radius 2 is 2.09 bits per heavy atom. The van der Waals surface area contributed by atoms with Crippen LogP contribution in [-0.4, -0.2) is 59.7 Å². The van der Waals surface area contributed by atoms with Crippen LogP contribution >= 0.6 is 0 Å². The number of nitrogens with zero attached hydrogens (tertiary/aromatic N) is 2. The lowest BCUT2D eigenvalue weighted by molar-refractivity contribution is -0.385. The number of rotatable bonds is 5. The second-order valence-corrected chi connectivity index (χ2v) is 5.05. The van der Waals surface area contributed by atoms with Gasteiger partial charge in [-0.2, -0.15) is 0 Å². The van der Waals surface area contributed by atoms with E-state index in [1.54, 1.807) is 0 Å². The molecule has 1 aliphatic rings. The maximum absolute atomic E-state index is 12.6. The number of ether oxygens (including phenoxy) is 2. The molecule has 2 rings (SSSR count). The zero-order valence-electron chi connectivity index (χ0n) is 12.6. The molecule has 1 saturated heterocycles. The van der Waals surface area contributed by atoms with Gasteiger partial charge in [0, 0.05) is 37.8 Å². The number of nitro groups is 1. The van der Waals surface area contributed by atoms with E-state index in [9.17, 15) is 24.8 Å². The third-order valence-electron chi connectivity index (χ3n) is 3.77. The first-order valence-corrected chi connectivity index (χ1v) is 6.78. The molecule has 1 aromatic carbocycles. The van der Waals surface area contributed by atoms with Crippen LogP contribution in [0.4, 0.5) is 5.69 Å². The summed E-state index contributed by atoms with van der Waals surface area (Å²) in [5, 5.41) is 20.1. The highest BCUT2D eigenvalue weighted by atomic mass is 16.6. The van der Waals surface area contributed by atoms with Gasteiger partial charge in [-0.25, -0.2) is 4.79 Å². The largest absolute Gasteiger partial charge is 0.490 e. The van der Waals surface area contributed by atoms with E-state index in [0.29, 0.717) is 0 Å². The molecule has 23 heavy (non-hydrogen) atoms. The molecular weight excluding hydrogens is 308 g/mol. The van der Waals surface area contributed by atoms with E-state index in [2.05, 4.69) is 0 Å². The van der Waals surface area contributed by atoms with Gasteiger partial charge in [-0.1, -0.05) is 0 Å². The van der Waals surface area contributed by atoms with E-state index in [4.69, 9.17) is 9.47 Å². The standard InChI is InChI=1S/C14H16N2O7/c1-22-9-6-11(14(18)19)15(7-9)13(17)8-3-4-10(16(20)21)12(5-8)23-2/h3-5,9,11H,6-7H2,1-2H3,(H,18,19). The molecule has 0 spiro atoms. The van der Waals surface area contributed by atoms with Gasteiger partial charge in [-0.05, 0) is 6.07 Å². The average Bonchev–Trinajstić information content (AvgIpc) is 2.98. The van der Waals surface area contributed by atoms with Crippen LogP contribution in [0.1, 0.15) is 16.8 Å². The summed E-state index contributed by atoms with van der Waals surface area (Å²) in [7, 11) is 2.71. The molecule has 0 aliphatic carbocycles. The molecule has 124 valence electrons. The van der Waals surface area contributed by atoms with E-state index >= 15 is 0 Å². The number of amides is 1. The van der Waals surface area contributed by atoms with Crippen molar-refractivity contribution in [1.29, 1.82) is 0 Å². The number of carboxylic acid groups (broad SMARTS) is 1. The Morgan fingerprint density at radius 1 is 1.39 bits per heavy atom. The Bertz CT molecular complexity index is 646. The minimum absolute atomic E-state index is 0.0600. The highest BCUT2D eigenvalue weighted by Gasteiger charge is 2.40. The maximum atomic E-state index is 12.6. The third kappa shape index (κ3) is 3.24. The van der Waals surface area contributed by atoms with Crippen LogP contribution in [0, 0.1) is 10.1 Å². The molecule has 1 fully saturated rings. The van der Waals surface area contributed by atoms with E-state index in [0.717, 1.165) is 6.07 Å². The number of hydrogen-bond donors (Lipinski definition) is 1. The Balaban J connectivity index is 2.32. The fraction of sp³-hybridized carbons (Fsp3) is 0.429. The molecule has 1 aromatic rings. The summed E-state index contributed by atoms with van der Waals surface area (Å²) in [6.45, 7) is 0.144. The van der Waals surface area contributed by atoms with Crippen LogP contribution in [0.15, 0.2) is 18.2 Å². The fourth-order valence-corrected chi connectivity index (χ4v) is 2.55. The summed E-state index contributed by atoms with van der Waals surface area (Å²) in [6, 6.07) is 2.68. The van der Waals surface area contributed by atoms with Gasteiger partial charge in [0.25, 0.3) is 5.91 Å². The minimum atomic E-state index is -1.12. The molecule has 1 aliphatic heterocycles. The van der Waals surface area contributed by atoms with Gasteiger partial charge >= 0.3 is 11.7 Å². The Morgan fingerprint density at radius 3 is 2.61 bits per heavy atom. The van der Waals surface area contributed by atoms with Gasteiger partial charge in [0.05, 0.1) is 18.1 Å². The Hall–Kier alpha value is -2.68. The molecule has 0 saturated carbocycles. The highest BCUT2D eigenvalue weighted by molar-refractivity contribution is 5.97. The molecular formula is C14H16N2O7. The van der Waals surface area contributed by atoms with Crippen molar-refractivity contribution in [3.8, 4) is 5.75 Å². The summed E-state index contributed by atoms with van der Waals surface area (Å²) in [6.07, 6.45) is -0.165. The SMILES string of the molecule is COc1cc(C(=O)N2CC(OC)CC2C(=O)O)ccc1[N+](=O)[O-]. The zero-order chi connectivity index (χ0) is 17.1. The smallest absolute Gasteiger partial charge is 0.326 e. The molecule has 1 heterocycles.